The summed E-state index contributed by atoms with van der Waals surface area (Å²) < 4.78 is 14.8. The number of hydrogen-bond donors (Lipinski definition) is 2. The number of rotatable bonds is 4. The number of hydrogen-bond acceptors (Lipinski definition) is 3. The van der Waals surface area contributed by atoms with Crippen LogP contribution in [-0.4, -0.2) is 38.8 Å². The zero-order valence-electron chi connectivity index (χ0n) is 15.6. The number of nitrogens with zero attached hydrogens (tertiary/aromatic N) is 2. The van der Waals surface area contributed by atoms with Gasteiger partial charge in [-0.3, -0.25) is 19.4 Å². The summed E-state index contributed by atoms with van der Waals surface area (Å²) in [7, 11) is 0. The topological polar surface area (TPSA) is 78.3 Å². The molecule has 6 nitrogen and oxygen atoms in total. The second kappa shape index (κ2) is 6.05. The van der Waals surface area contributed by atoms with E-state index in [2.05, 4.69) is 18.9 Å². The Morgan fingerprint density at radius 2 is 1.96 bits per heavy atom. The van der Waals surface area contributed by atoms with E-state index in [1.54, 1.807) is 17.0 Å². The third-order valence-corrected chi connectivity index (χ3v) is 6.17. The minimum atomic E-state index is -0.647. The van der Waals surface area contributed by atoms with Crippen molar-refractivity contribution in [1.29, 1.82) is 0 Å². The van der Waals surface area contributed by atoms with Gasteiger partial charge in [0.15, 0.2) is 0 Å². The number of benzene rings is 1. The Balaban J connectivity index is 1.64. The lowest BCUT2D eigenvalue weighted by Gasteiger charge is -2.32. The highest BCUT2D eigenvalue weighted by Gasteiger charge is 2.68. The summed E-state index contributed by atoms with van der Waals surface area (Å²) in [6.07, 6.45) is 1.21. The van der Waals surface area contributed by atoms with Crippen molar-refractivity contribution in [2.24, 2.45) is 5.41 Å². The molecule has 2 aliphatic rings. The molecular weight excluding hydrogens is 349 g/mol. The van der Waals surface area contributed by atoms with Gasteiger partial charge < -0.3 is 10.0 Å². The Bertz CT molecular complexity index is 944. The van der Waals surface area contributed by atoms with Gasteiger partial charge in [-0.25, -0.2) is 4.39 Å². The standard InChI is InChI=1S/C20H24FN3O3/c1-19(2)12-20(19,13-3-5-14(21)6-4-13)18(27)23-8-7-15-16(11-23)22-24(9-10-25)17(15)26/h3-6,22,25H,7-12H2,1-2H3/t20-/m0/s1. The molecule has 1 atom stereocenters. The van der Waals surface area contributed by atoms with Gasteiger partial charge >= 0.3 is 0 Å². The number of aromatic nitrogens is 2. The van der Waals surface area contributed by atoms with Crippen molar-refractivity contribution in [2.45, 2.75) is 45.2 Å². The minimum absolute atomic E-state index is 0.0283. The Hall–Kier alpha value is -2.41. The van der Waals surface area contributed by atoms with E-state index in [9.17, 15) is 14.0 Å². The van der Waals surface area contributed by atoms with E-state index >= 15 is 0 Å². The van der Waals surface area contributed by atoms with E-state index < -0.39 is 5.41 Å². The lowest BCUT2D eigenvalue weighted by molar-refractivity contribution is -0.136. The quantitative estimate of drug-likeness (QED) is 0.854. The van der Waals surface area contributed by atoms with Crippen molar-refractivity contribution in [1.82, 2.24) is 14.7 Å². The molecule has 0 spiro atoms. The van der Waals surface area contributed by atoms with Gasteiger partial charge in [-0.2, -0.15) is 0 Å². The number of H-pyrrole nitrogens is 1. The molecule has 0 bridgehead atoms. The molecule has 4 rings (SSSR count). The molecule has 0 unspecified atom stereocenters. The van der Waals surface area contributed by atoms with Gasteiger partial charge in [0, 0.05) is 12.1 Å². The van der Waals surface area contributed by atoms with Crippen LogP contribution >= 0.6 is 0 Å². The summed E-state index contributed by atoms with van der Waals surface area (Å²) in [5.41, 5.74) is 1.31. The number of fused-ring (bicyclic) bond motifs is 1. The predicted molar refractivity (Wildman–Crippen MR) is 97.7 cm³/mol. The van der Waals surface area contributed by atoms with Crippen molar-refractivity contribution >= 4 is 5.91 Å². The Morgan fingerprint density at radius 3 is 2.56 bits per heavy atom. The monoisotopic (exact) mass is 373 g/mol. The summed E-state index contributed by atoms with van der Waals surface area (Å²) in [6.45, 7) is 5.04. The molecule has 7 heteroatoms. The lowest BCUT2D eigenvalue weighted by atomic mass is 9.86. The van der Waals surface area contributed by atoms with Gasteiger partial charge in [-0.15, -0.1) is 0 Å². The van der Waals surface area contributed by atoms with Gasteiger partial charge in [0.25, 0.3) is 5.56 Å². The Labute approximate surface area is 156 Å². The van der Waals surface area contributed by atoms with Gasteiger partial charge in [-0.1, -0.05) is 26.0 Å². The number of carbonyl (C=O) groups excluding carboxylic acids is 1. The van der Waals surface area contributed by atoms with Crippen LogP contribution in [0.2, 0.25) is 0 Å². The Morgan fingerprint density at radius 1 is 1.30 bits per heavy atom. The number of nitrogens with one attached hydrogen (secondary N) is 1. The molecule has 1 amide bonds. The van der Waals surface area contributed by atoms with E-state index in [0.717, 1.165) is 17.7 Å². The maximum atomic E-state index is 13.5. The maximum absolute atomic E-state index is 13.5. The van der Waals surface area contributed by atoms with Gasteiger partial charge in [0.1, 0.15) is 5.82 Å². The number of aromatic amines is 1. The van der Waals surface area contributed by atoms with Crippen LogP contribution in [0.25, 0.3) is 0 Å². The van der Waals surface area contributed by atoms with Crippen LogP contribution in [0, 0.1) is 11.2 Å². The molecule has 1 saturated carbocycles. The average Bonchev–Trinajstić information content (AvgIpc) is 3.10. The van der Waals surface area contributed by atoms with Crippen molar-refractivity contribution < 1.29 is 14.3 Å². The van der Waals surface area contributed by atoms with Crippen molar-refractivity contribution in [3.63, 3.8) is 0 Å². The highest BCUT2D eigenvalue weighted by Crippen LogP contribution is 2.65. The van der Waals surface area contributed by atoms with Crippen LogP contribution < -0.4 is 5.56 Å². The second-order valence-corrected chi connectivity index (χ2v) is 8.20. The largest absolute Gasteiger partial charge is 0.394 e. The van der Waals surface area contributed by atoms with E-state index in [-0.39, 0.29) is 35.9 Å². The molecule has 2 aromatic rings. The SMILES string of the molecule is CC1(C)C[C@@]1(C(=O)N1CCc2c([nH]n(CCO)c2=O)C1)c1ccc(F)cc1. The first-order valence-corrected chi connectivity index (χ1v) is 9.27. The molecule has 2 heterocycles. The molecule has 1 fully saturated rings. The minimum Gasteiger partial charge on any atom is -0.394 e. The highest BCUT2D eigenvalue weighted by molar-refractivity contribution is 5.93. The van der Waals surface area contributed by atoms with E-state index in [4.69, 9.17) is 5.11 Å². The fourth-order valence-electron chi connectivity index (χ4n) is 4.51. The van der Waals surface area contributed by atoms with Gasteiger partial charge in [0.05, 0.1) is 30.8 Å². The van der Waals surface area contributed by atoms with Crippen molar-refractivity contribution in [3.8, 4) is 0 Å². The fraction of sp³-hybridized carbons (Fsp3) is 0.500. The number of amides is 1. The second-order valence-electron chi connectivity index (χ2n) is 8.20. The third kappa shape index (κ3) is 2.64. The van der Waals surface area contributed by atoms with Crippen molar-refractivity contribution in [3.05, 3.63) is 57.3 Å². The van der Waals surface area contributed by atoms with Crippen LogP contribution in [-0.2, 0) is 29.7 Å². The normalized spacial score (nSPS) is 23.2. The van der Waals surface area contributed by atoms with Crippen LogP contribution in [0.3, 0.4) is 0 Å². The zero-order valence-corrected chi connectivity index (χ0v) is 15.6. The molecule has 1 aliphatic heterocycles. The first kappa shape index (κ1) is 18.0. The summed E-state index contributed by atoms with van der Waals surface area (Å²) in [4.78, 5) is 27.6. The number of halogens is 1. The molecule has 0 radical (unpaired) electrons. The molecule has 0 saturated heterocycles. The molecule has 2 N–H and O–H groups in total. The number of carbonyl (C=O) groups is 1. The summed E-state index contributed by atoms with van der Waals surface area (Å²) in [6, 6.07) is 6.22. The average molecular weight is 373 g/mol. The lowest BCUT2D eigenvalue weighted by Crippen LogP contribution is -2.44. The maximum Gasteiger partial charge on any atom is 0.270 e. The fourth-order valence-corrected chi connectivity index (χ4v) is 4.51. The van der Waals surface area contributed by atoms with Gasteiger partial charge in [0.2, 0.25) is 5.91 Å². The molecular formula is C20H24FN3O3. The van der Waals surface area contributed by atoms with E-state index in [0.29, 0.717) is 25.1 Å². The van der Waals surface area contributed by atoms with E-state index in [1.165, 1.54) is 16.8 Å². The van der Waals surface area contributed by atoms with Crippen LogP contribution in [0.15, 0.2) is 29.1 Å². The number of aliphatic hydroxyl groups is 1. The Kier molecular flexibility index (Phi) is 4.03. The van der Waals surface area contributed by atoms with Gasteiger partial charge in [-0.05, 0) is 36.0 Å². The van der Waals surface area contributed by atoms with Crippen LogP contribution in [0.4, 0.5) is 4.39 Å². The van der Waals surface area contributed by atoms with Crippen molar-refractivity contribution in [2.75, 3.05) is 13.2 Å². The third-order valence-electron chi connectivity index (χ3n) is 6.17. The molecule has 27 heavy (non-hydrogen) atoms. The molecule has 1 aromatic carbocycles. The first-order valence-electron chi connectivity index (χ1n) is 9.27. The molecule has 1 aliphatic carbocycles. The zero-order chi connectivity index (χ0) is 19.4. The number of aliphatic hydroxyl groups excluding tert-OH is 1. The van der Waals surface area contributed by atoms with Crippen LogP contribution in [0.1, 0.15) is 37.1 Å². The molecule has 1 aromatic heterocycles. The van der Waals surface area contributed by atoms with E-state index in [1.807, 2.05) is 0 Å². The molecule has 144 valence electrons. The summed E-state index contributed by atoms with van der Waals surface area (Å²) >= 11 is 0. The smallest absolute Gasteiger partial charge is 0.270 e. The van der Waals surface area contributed by atoms with Crippen LogP contribution in [0.5, 0.6) is 0 Å². The summed E-state index contributed by atoms with van der Waals surface area (Å²) in [5.74, 6) is -0.286. The summed E-state index contributed by atoms with van der Waals surface area (Å²) in [5, 5.41) is 12.1. The highest BCUT2D eigenvalue weighted by atomic mass is 19.1. The first-order chi connectivity index (χ1) is 12.8. The predicted octanol–water partition coefficient (Wildman–Crippen LogP) is 1.56.